The van der Waals surface area contributed by atoms with Gasteiger partial charge in [0, 0.05) is 10.6 Å². The summed E-state index contributed by atoms with van der Waals surface area (Å²) in [5.74, 6) is -0.691. The number of carbonyl (C=O) groups is 1. The topological polar surface area (TPSA) is 69.6 Å². The fraction of sp³-hybridized carbons (Fsp3) is 0.133. The monoisotopic (exact) mass is 358 g/mol. The van der Waals surface area contributed by atoms with Crippen LogP contribution in [-0.4, -0.2) is 28.5 Å². The summed E-state index contributed by atoms with van der Waals surface area (Å²) < 4.78 is 16.8. The first kappa shape index (κ1) is 17.0. The zero-order chi connectivity index (χ0) is 16.3. The molecule has 0 fully saturated rings. The van der Waals surface area contributed by atoms with Gasteiger partial charge in [-0.05, 0) is 53.1 Å². The maximum atomic E-state index is 11.5. The lowest BCUT2D eigenvalue weighted by Gasteiger charge is -2.12. The summed E-state index contributed by atoms with van der Waals surface area (Å²) in [5.41, 5.74) is 1.31. The van der Waals surface area contributed by atoms with Crippen LogP contribution >= 0.6 is 23.2 Å². The van der Waals surface area contributed by atoms with Crippen LogP contribution in [0.25, 0.3) is 11.1 Å². The van der Waals surface area contributed by atoms with E-state index in [-0.39, 0.29) is 0 Å². The molecule has 0 saturated heterocycles. The van der Waals surface area contributed by atoms with Crippen molar-refractivity contribution in [3.8, 4) is 16.9 Å². The molecule has 1 N–H and O–H groups in total. The average molecular weight is 359 g/mol. The van der Waals surface area contributed by atoms with Gasteiger partial charge in [-0.2, -0.15) is 0 Å². The number of rotatable bonds is 5. The molecule has 0 radical (unpaired) electrons. The van der Waals surface area contributed by atoms with Crippen molar-refractivity contribution in [2.45, 2.75) is 4.90 Å². The molecule has 1 atom stereocenters. The molecule has 0 bridgehead atoms. The molecular formula is C15H12Cl2O4S. The Bertz CT molecular complexity index is 704. The lowest BCUT2D eigenvalue weighted by Crippen LogP contribution is -2.10. The van der Waals surface area contributed by atoms with E-state index < -0.39 is 23.8 Å². The first-order chi connectivity index (χ1) is 10.4. The van der Waals surface area contributed by atoms with E-state index in [9.17, 15) is 9.35 Å². The molecular weight excluding hydrogens is 347 g/mol. The highest BCUT2D eigenvalue weighted by Gasteiger charge is 2.14. The van der Waals surface area contributed by atoms with Gasteiger partial charge in [-0.1, -0.05) is 23.2 Å². The fourth-order valence-electron chi connectivity index (χ4n) is 1.89. The van der Waals surface area contributed by atoms with Crippen molar-refractivity contribution in [3.63, 3.8) is 0 Å². The van der Waals surface area contributed by atoms with Crippen LogP contribution in [0.1, 0.15) is 0 Å². The Morgan fingerprint density at radius 2 is 2.00 bits per heavy atom. The van der Waals surface area contributed by atoms with Crippen LogP contribution < -0.4 is 4.74 Å². The second-order valence-corrected chi connectivity index (χ2v) is 6.61. The molecule has 0 aromatic heterocycles. The smallest absolute Gasteiger partial charge is 0.341 e. The van der Waals surface area contributed by atoms with E-state index in [0.29, 0.717) is 31.8 Å². The Labute approximate surface area is 140 Å². The van der Waals surface area contributed by atoms with E-state index >= 15 is 0 Å². The van der Waals surface area contributed by atoms with E-state index in [1.165, 1.54) is 0 Å². The minimum atomic E-state index is -1.19. The summed E-state index contributed by atoms with van der Waals surface area (Å²) in [4.78, 5) is 11.2. The van der Waals surface area contributed by atoms with Crippen molar-refractivity contribution in [1.82, 2.24) is 0 Å². The Kier molecular flexibility index (Phi) is 5.58. The van der Waals surface area contributed by atoms with E-state index in [0.717, 1.165) is 0 Å². The molecule has 1 unspecified atom stereocenters. The van der Waals surface area contributed by atoms with Gasteiger partial charge in [0.05, 0.1) is 5.02 Å². The minimum Gasteiger partial charge on any atom is -0.612 e. The molecule has 0 heterocycles. The van der Waals surface area contributed by atoms with Crippen molar-refractivity contribution in [2.75, 3.05) is 12.9 Å². The fourth-order valence-corrected chi connectivity index (χ4v) is 3.17. The summed E-state index contributed by atoms with van der Waals surface area (Å²) in [7, 11) is 0. The molecule has 2 aromatic carbocycles. The Morgan fingerprint density at radius 3 is 2.59 bits per heavy atom. The van der Waals surface area contributed by atoms with E-state index in [1.54, 1.807) is 42.7 Å². The standard InChI is InChI=1S/C15H12Cl2O4S/c1-22(20)14-5-2-9(6-12(14)17)11-7-10(16)3-4-13(11)21-8-15(18)19/h2-7H,8H2,1H3,(H,18,19). The molecule has 0 aliphatic heterocycles. The van der Waals surface area contributed by atoms with Crippen molar-refractivity contribution < 1.29 is 19.2 Å². The zero-order valence-corrected chi connectivity index (χ0v) is 13.8. The predicted molar refractivity (Wildman–Crippen MR) is 87.4 cm³/mol. The highest BCUT2D eigenvalue weighted by molar-refractivity contribution is 7.90. The van der Waals surface area contributed by atoms with Crippen LogP contribution in [0.4, 0.5) is 0 Å². The molecule has 0 spiro atoms. The highest BCUT2D eigenvalue weighted by atomic mass is 35.5. The van der Waals surface area contributed by atoms with Crippen LogP contribution in [0.5, 0.6) is 5.75 Å². The molecule has 0 amide bonds. The number of halogens is 2. The van der Waals surface area contributed by atoms with E-state index in [4.69, 9.17) is 33.0 Å². The van der Waals surface area contributed by atoms with Crippen LogP contribution in [0.15, 0.2) is 41.3 Å². The van der Waals surface area contributed by atoms with E-state index in [2.05, 4.69) is 0 Å². The van der Waals surface area contributed by atoms with Crippen LogP contribution in [0.2, 0.25) is 10.0 Å². The van der Waals surface area contributed by atoms with Crippen molar-refractivity contribution in [1.29, 1.82) is 0 Å². The van der Waals surface area contributed by atoms with E-state index in [1.807, 2.05) is 0 Å². The van der Waals surface area contributed by atoms with Gasteiger partial charge in [0.2, 0.25) is 0 Å². The molecule has 7 heteroatoms. The SMILES string of the molecule is C[S+]([O-])c1ccc(-c2cc(Cl)ccc2OCC(=O)O)cc1Cl. The van der Waals surface area contributed by atoms with Crippen LogP contribution in [-0.2, 0) is 16.0 Å². The molecule has 0 aliphatic carbocycles. The summed E-state index contributed by atoms with van der Waals surface area (Å²) >= 11 is 10.9. The lowest BCUT2D eigenvalue weighted by atomic mass is 10.0. The first-order valence-corrected chi connectivity index (χ1v) is 8.47. The number of aliphatic carboxylic acids is 1. The maximum Gasteiger partial charge on any atom is 0.341 e. The second-order valence-electron chi connectivity index (χ2n) is 4.42. The maximum absolute atomic E-state index is 11.5. The minimum absolute atomic E-state index is 0.363. The quantitative estimate of drug-likeness (QED) is 0.823. The molecule has 22 heavy (non-hydrogen) atoms. The van der Waals surface area contributed by atoms with Gasteiger partial charge in [-0.25, -0.2) is 4.79 Å². The first-order valence-electron chi connectivity index (χ1n) is 6.16. The van der Waals surface area contributed by atoms with Crippen molar-refractivity contribution in [3.05, 3.63) is 46.4 Å². The lowest BCUT2D eigenvalue weighted by molar-refractivity contribution is -0.139. The molecule has 116 valence electrons. The molecule has 2 aromatic rings. The second kappa shape index (κ2) is 7.24. The summed E-state index contributed by atoms with van der Waals surface area (Å²) in [5, 5.41) is 9.57. The van der Waals surface area contributed by atoms with Gasteiger partial charge in [-0.15, -0.1) is 0 Å². The number of carboxylic acids is 1. The van der Waals surface area contributed by atoms with Crippen molar-refractivity contribution in [2.24, 2.45) is 0 Å². The molecule has 0 aliphatic rings. The third-order valence-corrected chi connectivity index (χ3v) is 4.48. The number of benzene rings is 2. The average Bonchev–Trinajstić information content (AvgIpc) is 2.45. The Morgan fingerprint density at radius 1 is 1.27 bits per heavy atom. The third-order valence-electron chi connectivity index (χ3n) is 2.85. The molecule has 4 nitrogen and oxygen atoms in total. The summed E-state index contributed by atoms with van der Waals surface area (Å²) in [6, 6.07) is 9.92. The number of hydrogen-bond acceptors (Lipinski definition) is 3. The summed E-state index contributed by atoms with van der Waals surface area (Å²) in [6.45, 7) is -0.459. The normalized spacial score (nSPS) is 12.0. The van der Waals surface area contributed by atoms with Crippen LogP contribution in [0, 0.1) is 0 Å². The summed E-state index contributed by atoms with van der Waals surface area (Å²) in [6.07, 6.45) is 1.54. The molecule has 2 rings (SSSR count). The number of ether oxygens (including phenoxy) is 1. The number of carboxylic acid groups (broad SMARTS) is 1. The van der Waals surface area contributed by atoms with Crippen LogP contribution in [0.3, 0.4) is 0 Å². The van der Waals surface area contributed by atoms with Crippen molar-refractivity contribution >= 4 is 40.3 Å². The Hall–Kier alpha value is -1.40. The highest BCUT2D eigenvalue weighted by Crippen LogP contribution is 2.35. The molecule has 0 saturated carbocycles. The zero-order valence-electron chi connectivity index (χ0n) is 11.5. The van der Waals surface area contributed by atoms with Gasteiger partial charge < -0.3 is 14.4 Å². The van der Waals surface area contributed by atoms with Gasteiger partial charge in [-0.3, -0.25) is 0 Å². The van der Waals surface area contributed by atoms with Gasteiger partial charge in [0.15, 0.2) is 11.5 Å². The Balaban J connectivity index is 2.44. The number of hydrogen-bond donors (Lipinski definition) is 1. The van der Waals surface area contributed by atoms with Gasteiger partial charge in [0.25, 0.3) is 0 Å². The third kappa shape index (κ3) is 4.08. The van der Waals surface area contributed by atoms with Gasteiger partial charge in [0.1, 0.15) is 12.0 Å². The van der Waals surface area contributed by atoms with Gasteiger partial charge >= 0.3 is 5.97 Å². The predicted octanol–water partition coefficient (Wildman–Crippen LogP) is 3.86. The largest absolute Gasteiger partial charge is 0.612 e.